The zero-order chi connectivity index (χ0) is 8.29. The van der Waals surface area contributed by atoms with Gasteiger partial charge < -0.3 is 0 Å². The molecule has 2 aliphatic heterocycles. The molecule has 1 saturated carbocycles. The zero-order valence-corrected chi connectivity index (χ0v) is 6.82. The van der Waals surface area contributed by atoms with Crippen LogP contribution in [0.4, 0.5) is 0 Å². The predicted molar refractivity (Wildman–Crippen MR) is 41.6 cm³/mol. The summed E-state index contributed by atoms with van der Waals surface area (Å²) in [6.45, 7) is 2.03. The highest BCUT2D eigenvalue weighted by Crippen LogP contribution is 2.43. The van der Waals surface area contributed by atoms with E-state index in [0.717, 1.165) is 19.5 Å². The molecule has 0 N–H and O–H groups in total. The van der Waals surface area contributed by atoms with Crippen LogP contribution in [0.15, 0.2) is 0 Å². The van der Waals surface area contributed by atoms with Crippen molar-refractivity contribution >= 4 is 11.6 Å². The third-order valence-corrected chi connectivity index (χ3v) is 3.55. The molecule has 3 fully saturated rings. The van der Waals surface area contributed by atoms with E-state index in [9.17, 15) is 9.59 Å². The molecular weight excluding hydrogens is 154 g/mol. The van der Waals surface area contributed by atoms with Gasteiger partial charge in [-0.15, -0.1) is 0 Å². The second-order valence-electron chi connectivity index (χ2n) is 4.12. The van der Waals surface area contributed by atoms with Crippen LogP contribution in [-0.2, 0) is 9.59 Å². The van der Waals surface area contributed by atoms with Gasteiger partial charge >= 0.3 is 0 Å². The molecule has 0 spiro atoms. The topological polar surface area (TPSA) is 37.4 Å². The molecule has 2 heterocycles. The fourth-order valence-electron chi connectivity index (χ4n) is 3.08. The Labute approximate surface area is 70.7 Å². The number of rotatable bonds is 0. The van der Waals surface area contributed by atoms with Crippen molar-refractivity contribution in [3.63, 3.8) is 0 Å². The largest absolute Gasteiger partial charge is 0.299 e. The number of fused-ring (bicyclic) bond motifs is 5. The van der Waals surface area contributed by atoms with E-state index in [0.29, 0.717) is 5.92 Å². The highest BCUT2D eigenvalue weighted by atomic mass is 16.2. The Kier molecular flexibility index (Phi) is 1.11. The molecule has 2 bridgehead atoms. The lowest BCUT2D eigenvalue weighted by Crippen LogP contribution is -2.38. The fraction of sp³-hybridized carbons (Fsp3) is 0.778. The highest BCUT2D eigenvalue weighted by Gasteiger charge is 2.56. The smallest absolute Gasteiger partial charge is 0.158 e. The molecule has 3 nitrogen and oxygen atoms in total. The van der Waals surface area contributed by atoms with Crippen LogP contribution in [0.25, 0.3) is 0 Å². The van der Waals surface area contributed by atoms with Crippen LogP contribution < -0.4 is 0 Å². The maximum atomic E-state index is 11.4. The predicted octanol–water partition coefficient (Wildman–Crippen LogP) is -0.151. The van der Waals surface area contributed by atoms with E-state index in [1.165, 1.54) is 0 Å². The van der Waals surface area contributed by atoms with Gasteiger partial charge in [0.2, 0.25) is 0 Å². The van der Waals surface area contributed by atoms with Gasteiger partial charge in [0.05, 0.1) is 12.5 Å². The van der Waals surface area contributed by atoms with E-state index in [-0.39, 0.29) is 29.9 Å². The molecule has 0 radical (unpaired) electrons. The molecule has 2 saturated heterocycles. The quantitative estimate of drug-likeness (QED) is 0.468. The maximum Gasteiger partial charge on any atom is 0.158 e. The number of ketones is 2. The van der Waals surface area contributed by atoms with E-state index in [1.54, 1.807) is 0 Å². The van der Waals surface area contributed by atoms with E-state index in [2.05, 4.69) is 4.90 Å². The van der Waals surface area contributed by atoms with E-state index in [4.69, 9.17) is 0 Å². The Balaban J connectivity index is 2.03. The minimum absolute atomic E-state index is 0.00347. The van der Waals surface area contributed by atoms with Crippen LogP contribution in [0.3, 0.4) is 0 Å². The zero-order valence-electron chi connectivity index (χ0n) is 6.82. The maximum absolute atomic E-state index is 11.4. The average molecular weight is 165 g/mol. The molecular formula is C9H11NO2. The summed E-state index contributed by atoms with van der Waals surface area (Å²) in [5, 5.41) is 0. The Morgan fingerprint density at radius 1 is 1.25 bits per heavy atom. The molecule has 3 aliphatic rings. The van der Waals surface area contributed by atoms with Gasteiger partial charge in [-0.1, -0.05) is 0 Å². The summed E-state index contributed by atoms with van der Waals surface area (Å²) >= 11 is 0. The van der Waals surface area contributed by atoms with Gasteiger partial charge in [0.25, 0.3) is 0 Å². The van der Waals surface area contributed by atoms with E-state index < -0.39 is 0 Å². The molecule has 0 aromatic heterocycles. The second kappa shape index (κ2) is 1.96. The van der Waals surface area contributed by atoms with Crippen molar-refractivity contribution in [2.75, 3.05) is 13.1 Å². The van der Waals surface area contributed by atoms with E-state index >= 15 is 0 Å². The molecule has 64 valence electrons. The van der Waals surface area contributed by atoms with Crippen molar-refractivity contribution in [1.82, 2.24) is 4.90 Å². The Morgan fingerprint density at radius 2 is 2.08 bits per heavy atom. The van der Waals surface area contributed by atoms with Crippen LogP contribution in [-0.4, -0.2) is 35.6 Å². The molecule has 3 rings (SSSR count). The molecule has 12 heavy (non-hydrogen) atoms. The number of nitrogens with zero attached hydrogens (tertiary/aromatic N) is 1. The standard InChI is InChI=1S/C9H11NO2/c11-6-3-7(12)9-8(6)5-1-2-10(9)4-5/h5,8-9H,1-4H2. The van der Waals surface area contributed by atoms with Gasteiger partial charge in [0.15, 0.2) is 5.78 Å². The van der Waals surface area contributed by atoms with Crippen molar-refractivity contribution in [2.45, 2.75) is 18.9 Å². The minimum atomic E-state index is -0.00347. The minimum Gasteiger partial charge on any atom is -0.299 e. The first-order chi connectivity index (χ1) is 5.77. The fourth-order valence-corrected chi connectivity index (χ4v) is 3.08. The SMILES string of the molecule is O=C1CC(=O)C2C1C1CCN2C1. The summed E-state index contributed by atoms with van der Waals surface area (Å²) in [5.41, 5.74) is 0. The molecule has 4 atom stereocenters. The van der Waals surface area contributed by atoms with Gasteiger partial charge in [-0.05, 0) is 18.9 Å². The third kappa shape index (κ3) is 0.614. The van der Waals surface area contributed by atoms with Gasteiger partial charge in [-0.2, -0.15) is 0 Å². The third-order valence-electron chi connectivity index (χ3n) is 3.55. The van der Waals surface area contributed by atoms with Crippen LogP contribution in [0.5, 0.6) is 0 Å². The summed E-state index contributed by atoms with van der Waals surface area (Å²) in [4.78, 5) is 25.0. The van der Waals surface area contributed by atoms with Gasteiger partial charge in [-0.3, -0.25) is 14.5 Å². The molecule has 1 aliphatic carbocycles. The Morgan fingerprint density at radius 3 is 2.83 bits per heavy atom. The van der Waals surface area contributed by atoms with Gasteiger partial charge in [0.1, 0.15) is 5.78 Å². The number of hydrogen-bond donors (Lipinski definition) is 0. The molecule has 0 aromatic rings. The van der Waals surface area contributed by atoms with Gasteiger partial charge in [-0.25, -0.2) is 0 Å². The van der Waals surface area contributed by atoms with Crippen LogP contribution in [0, 0.1) is 11.8 Å². The van der Waals surface area contributed by atoms with Crippen LogP contribution in [0.1, 0.15) is 12.8 Å². The lowest BCUT2D eigenvalue weighted by Gasteiger charge is -2.23. The van der Waals surface area contributed by atoms with Crippen molar-refractivity contribution < 1.29 is 9.59 Å². The Hall–Kier alpha value is -0.700. The highest BCUT2D eigenvalue weighted by molar-refractivity contribution is 6.11. The first-order valence-corrected chi connectivity index (χ1v) is 4.57. The summed E-state index contributed by atoms with van der Waals surface area (Å²) < 4.78 is 0. The lowest BCUT2D eigenvalue weighted by atomic mass is 9.88. The number of hydrogen-bond acceptors (Lipinski definition) is 3. The second-order valence-corrected chi connectivity index (χ2v) is 4.12. The Bertz CT molecular complexity index is 248. The van der Waals surface area contributed by atoms with Crippen molar-refractivity contribution in [3.05, 3.63) is 0 Å². The summed E-state index contributed by atoms with van der Waals surface area (Å²) in [6, 6.07) is -0.00347. The van der Waals surface area contributed by atoms with Gasteiger partial charge in [0, 0.05) is 12.5 Å². The molecule has 0 amide bonds. The van der Waals surface area contributed by atoms with Crippen molar-refractivity contribution in [3.8, 4) is 0 Å². The number of carbonyl (C=O) groups is 2. The monoisotopic (exact) mass is 165 g/mol. The van der Waals surface area contributed by atoms with Crippen LogP contribution >= 0.6 is 0 Å². The normalized spacial score (nSPS) is 50.3. The average Bonchev–Trinajstić information content (AvgIpc) is 2.64. The summed E-state index contributed by atoms with van der Waals surface area (Å²) in [5.74, 6) is 0.976. The first kappa shape index (κ1) is 6.78. The first-order valence-electron chi connectivity index (χ1n) is 4.57. The number of carbonyl (C=O) groups excluding carboxylic acids is 2. The number of piperidine rings is 1. The lowest BCUT2D eigenvalue weighted by molar-refractivity contribution is -0.123. The summed E-state index contributed by atoms with van der Waals surface area (Å²) in [7, 11) is 0. The molecule has 4 unspecified atom stereocenters. The number of Topliss-reactive ketones (excluding diaryl/α,β-unsaturated/α-hetero) is 2. The summed E-state index contributed by atoms with van der Waals surface area (Å²) in [6.07, 6.45) is 1.34. The van der Waals surface area contributed by atoms with Crippen LogP contribution in [0.2, 0.25) is 0 Å². The molecule has 3 heteroatoms. The van der Waals surface area contributed by atoms with Crippen molar-refractivity contribution in [2.24, 2.45) is 11.8 Å². The van der Waals surface area contributed by atoms with Crippen molar-refractivity contribution in [1.29, 1.82) is 0 Å². The molecule has 0 aromatic carbocycles. The van der Waals surface area contributed by atoms with E-state index in [1.807, 2.05) is 0 Å².